The Kier molecular flexibility index (Phi) is 4.22. The van der Waals surface area contributed by atoms with Gasteiger partial charge in [-0.05, 0) is 46.9 Å². The predicted octanol–water partition coefficient (Wildman–Crippen LogP) is 7.91. The lowest BCUT2D eigenvalue weighted by molar-refractivity contribution is 0.864. The van der Waals surface area contributed by atoms with Gasteiger partial charge in [0.1, 0.15) is 0 Å². The van der Waals surface area contributed by atoms with E-state index in [9.17, 15) is 0 Å². The molecule has 0 bridgehead atoms. The zero-order chi connectivity index (χ0) is 19.1. The molecule has 2 aromatic heterocycles. The summed E-state index contributed by atoms with van der Waals surface area (Å²) in [7, 11) is 0. The highest BCUT2D eigenvalue weighted by Gasteiger charge is 2.12. The summed E-state index contributed by atoms with van der Waals surface area (Å²) in [6.07, 6.45) is 1.92. The number of nitrogens with zero attached hydrogens (tertiary/aromatic N) is 1. The van der Waals surface area contributed by atoms with E-state index in [0.29, 0.717) is 5.92 Å². The third-order valence-electron chi connectivity index (χ3n) is 5.33. The van der Waals surface area contributed by atoms with Crippen LogP contribution in [0, 0.1) is 0 Å². The molecule has 1 nitrogen and oxygen atoms in total. The minimum Gasteiger partial charge on any atom is -0.256 e. The van der Waals surface area contributed by atoms with Gasteiger partial charge in [-0.25, -0.2) is 0 Å². The molecule has 2 heterocycles. The molecule has 0 N–H and O–H groups in total. The molecule has 0 radical (unpaired) electrons. The molecule has 0 fully saturated rings. The van der Waals surface area contributed by atoms with Crippen molar-refractivity contribution in [1.29, 1.82) is 0 Å². The standard InChI is InChI=1S/C26H21NS/c1-17(2)19-13-14-27-23(15-19)20-11-12-22-25(16-20)28-24-10-6-9-21(26(22)24)18-7-4-3-5-8-18/h3-17H,1-2H3. The van der Waals surface area contributed by atoms with Crippen molar-refractivity contribution in [3.05, 3.63) is 90.6 Å². The number of rotatable bonds is 3. The highest BCUT2D eigenvalue weighted by Crippen LogP contribution is 2.41. The zero-order valence-electron chi connectivity index (χ0n) is 16.0. The second kappa shape index (κ2) is 6.88. The lowest BCUT2D eigenvalue weighted by Gasteiger charge is -2.08. The Balaban J connectivity index is 1.70. The maximum absolute atomic E-state index is 4.62. The van der Waals surface area contributed by atoms with Gasteiger partial charge in [-0.2, -0.15) is 0 Å². The molecule has 0 aliphatic heterocycles. The molecule has 0 spiro atoms. The van der Waals surface area contributed by atoms with Gasteiger partial charge >= 0.3 is 0 Å². The summed E-state index contributed by atoms with van der Waals surface area (Å²) in [5.41, 5.74) is 6.13. The SMILES string of the molecule is CC(C)c1ccnc(-c2ccc3c(c2)sc2cccc(-c4ccccc4)c23)c1. The topological polar surface area (TPSA) is 12.9 Å². The molecule has 0 aliphatic carbocycles. The maximum atomic E-state index is 4.62. The Morgan fingerprint density at radius 1 is 0.750 bits per heavy atom. The van der Waals surface area contributed by atoms with Crippen LogP contribution in [-0.2, 0) is 0 Å². The third-order valence-corrected chi connectivity index (χ3v) is 6.45. The highest BCUT2D eigenvalue weighted by molar-refractivity contribution is 7.26. The van der Waals surface area contributed by atoms with Crippen molar-refractivity contribution in [3.63, 3.8) is 0 Å². The molecule has 136 valence electrons. The smallest absolute Gasteiger partial charge is 0.0705 e. The van der Waals surface area contributed by atoms with Crippen LogP contribution in [-0.4, -0.2) is 4.98 Å². The summed E-state index contributed by atoms with van der Waals surface area (Å²) in [5, 5.41) is 2.67. The largest absolute Gasteiger partial charge is 0.256 e. The number of aromatic nitrogens is 1. The summed E-state index contributed by atoms with van der Waals surface area (Å²) in [6.45, 7) is 4.44. The van der Waals surface area contributed by atoms with Gasteiger partial charge in [-0.15, -0.1) is 11.3 Å². The summed E-state index contributed by atoms with van der Waals surface area (Å²) in [4.78, 5) is 4.62. The summed E-state index contributed by atoms with van der Waals surface area (Å²) in [5.74, 6) is 0.503. The number of pyridine rings is 1. The molecule has 0 saturated heterocycles. The van der Waals surface area contributed by atoms with E-state index in [1.807, 2.05) is 17.5 Å². The van der Waals surface area contributed by atoms with Crippen LogP contribution < -0.4 is 0 Å². The summed E-state index contributed by atoms with van der Waals surface area (Å²) in [6, 6.07) is 28.4. The van der Waals surface area contributed by atoms with Crippen LogP contribution in [0.2, 0.25) is 0 Å². The minimum atomic E-state index is 0.503. The van der Waals surface area contributed by atoms with Crippen LogP contribution >= 0.6 is 11.3 Å². The van der Waals surface area contributed by atoms with Crippen molar-refractivity contribution in [2.24, 2.45) is 0 Å². The van der Waals surface area contributed by atoms with Crippen LogP contribution in [0.1, 0.15) is 25.3 Å². The van der Waals surface area contributed by atoms with Gasteiger partial charge in [0.2, 0.25) is 0 Å². The number of fused-ring (bicyclic) bond motifs is 3. The fourth-order valence-corrected chi connectivity index (χ4v) is 4.98. The van der Waals surface area contributed by atoms with Crippen molar-refractivity contribution in [2.75, 3.05) is 0 Å². The quantitative estimate of drug-likeness (QED) is 0.310. The minimum absolute atomic E-state index is 0.503. The average Bonchev–Trinajstić information content (AvgIpc) is 3.12. The second-order valence-corrected chi connectivity index (χ2v) is 8.57. The van der Waals surface area contributed by atoms with Gasteiger partial charge in [-0.1, -0.05) is 68.4 Å². The van der Waals surface area contributed by atoms with Crippen LogP contribution in [0.3, 0.4) is 0 Å². The lowest BCUT2D eigenvalue weighted by atomic mass is 9.98. The van der Waals surface area contributed by atoms with Crippen LogP contribution in [0.25, 0.3) is 42.6 Å². The Morgan fingerprint density at radius 3 is 2.43 bits per heavy atom. The van der Waals surface area contributed by atoms with E-state index in [1.54, 1.807) is 0 Å². The molecule has 5 rings (SSSR count). The van der Waals surface area contributed by atoms with Gasteiger partial charge in [0.25, 0.3) is 0 Å². The fraction of sp³-hybridized carbons (Fsp3) is 0.115. The Bertz CT molecular complexity index is 1280. The van der Waals surface area contributed by atoms with E-state index < -0.39 is 0 Å². The second-order valence-electron chi connectivity index (χ2n) is 7.49. The van der Waals surface area contributed by atoms with Crippen LogP contribution in [0.5, 0.6) is 0 Å². The molecule has 5 aromatic rings. The molecule has 0 amide bonds. The Hall–Kier alpha value is -2.97. The van der Waals surface area contributed by atoms with E-state index in [-0.39, 0.29) is 0 Å². The van der Waals surface area contributed by atoms with E-state index in [0.717, 1.165) is 5.69 Å². The van der Waals surface area contributed by atoms with Gasteiger partial charge < -0.3 is 0 Å². The van der Waals surface area contributed by atoms with Crippen molar-refractivity contribution in [3.8, 4) is 22.4 Å². The van der Waals surface area contributed by atoms with Crippen molar-refractivity contribution in [1.82, 2.24) is 4.98 Å². The van der Waals surface area contributed by atoms with E-state index >= 15 is 0 Å². The van der Waals surface area contributed by atoms with Gasteiger partial charge in [0.05, 0.1) is 5.69 Å². The molecule has 0 unspecified atom stereocenters. The monoisotopic (exact) mass is 379 g/mol. The number of hydrogen-bond donors (Lipinski definition) is 0. The summed E-state index contributed by atoms with van der Waals surface area (Å²) >= 11 is 1.86. The van der Waals surface area contributed by atoms with E-state index in [1.165, 1.54) is 42.4 Å². The zero-order valence-corrected chi connectivity index (χ0v) is 16.8. The average molecular weight is 380 g/mol. The normalized spacial score (nSPS) is 11.5. The Morgan fingerprint density at radius 2 is 1.61 bits per heavy atom. The van der Waals surface area contributed by atoms with Crippen molar-refractivity contribution < 1.29 is 0 Å². The first kappa shape index (κ1) is 17.2. The van der Waals surface area contributed by atoms with Crippen molar-refractivity contribution in [2.45, 2.75) is 19.8 Å². The molecule has 28 heavy (non-hydrogen) atoms. The molecule has 0 saturated carbocycles. The Labute approximate surface area is 169 Å². The molecule has 2 heteroatoms. The van der Waals surface area contributed by atoms with Crippen molar-refractivity contribution >= 4 is 31.5 Å². The van der Waals surface area contributed by atoms with Crippen LogP contribution in [0.4, 0.5) is 0 Å². The van der Waals surface area contributed by atoms with Gasteiger partial charge in [0.15, 0.2) is 0 Å². The summed E-state index contributed by atoms with van der Waals surface area (Å²) < 4.78 is 2.64. The van der Waals surface area contributed by atoms with E-state index in [2.05, 4.69) is 97.7 Å². The molecular formula is C26H21NS. The molecule has 0 atom stereocenters. The lowest BCUT2D eigenvalue weighted by Crippen LogP contribution is -1.90. The number of thiophene rings is 1. The number of benzene rings is 3. The first-order chi connectivity index (χ1) is 13.7. The van der Waals surface area contributed by atoms with Crippen LogP contribution in [0.15, 0.2) is 85.1 Å². The van der Waals surface area contributed by atoms with E-state index in [4.69, 9.17) is 0 Å². The van der Waals surface area contributed by atoms with Gasteiger partial charge in [-0.3, -0.25) is 4.98 Å². The molecule has 0 aliphatic rings. The molecule has 3 aromatic carbocycles. The first-order valence-corrected chi connectivity index (χ1v) is 10.5. The highest BCUT2D eigenvalue weighted by atomic mass is 32.1. The first-order valence-electron chi connectivity index (χ1n) is 9.68. The predicted molar refractivity (Wildman–Crippen MR) is 122 cm³/mol. The third kappa shape index (κ3) is 2.90. The van der Waals surface area contributed by atoms with Gasteiger partial charge in [0, 0.05) is 31.9 Å². The molecular weight excluding hydrogens is 358 g/mol. The number of hydrogen-bond acceptors (Lipinski definition) is 2. The fourth-order valence-electron chi connectivity index (χ4n) is 3.81. The maximum Gasteiger partial charge on any atom is 0.0705 e.